The Kier molecular flexibility index (Phi) is 4.11. The molecule has 2 rings (SSSR count). The lowest BCUT2D eigenvalue weighted by Crippen LogP contribution is -1.95. The number of rotatable bonds is 3. The molecule has 0 saturated heterocycles. The molecule has 0 aliphatic carbocycles. The number of anilines is 1. The highest BCUT2D eigenvalue weighted by Crippen LogP contribution is 2.20. The van der Waals surface area contributed by atoms with Crippen molar-refractivity contribution < 1.29 is 5.11 Å². The van der Waals surface area contributed by atoms with Gasteiger partial charge in [0.05, 0.1) is 6.21 Å². The summed E-state index contributed by atoms with van der Waals surface area (Å²) in [6.45, 7) is 0. The van der Waals surface area contributed by atoms with Crippen LogP contribution >= 0.6 is 27.5 Å². The smallest absolute Gasteiger partial charge is 0.184 e. The first-order chi connectivity index (χ1) is 8.66. The first-order valence-corrected chi connectivity index (χ1v) is 6.08. The number of phenols is 1. The average Bonchev–Trinajstić information content (AvgIpc) is 2.36. The number of benzene rings is 1. The summed E-state index contributed by atoms with van der Waals surface area (Å²) < 4.78 is 0.847. The molecule has 0 bridgehead atoms. The summed E-state index contributed by atoms with van der Waals surface area (Å²) in [4.78, 5) is 7.80. The summed E-state index contributed by atoms with van der Waals surface area (Å²) in [5.41, 5.74) is 3.21. The van der Waals surface area contributed by atoms with Crippen LogP contribution in [0.1, 0.15) is 5.56 Å². The summed E-state index contributed by atoms with van der Waals surface area (Å²) in [7, 11) is 0. The van der Waals surface area contributed by atoms with Crippen LogP contribution in [0.2, 0.25) is 5.15 Å². The summed E-state index contributed by atoms with van der Waals surface area (Å²) in [6, 6.07) is 5.04. The van der Waals surface area contributed by atoms with Gasteiger partial charge in [-0.15, -0.1) is 0 Å². The molecule has 0 atom stereocenters. The molecule has 7 heteroatoms. The quantitative estimate of drug-likeness (QED) is 0.671. The molecule has 0 spiro atoms. The highest BCUT2D eigenvalue weighted by molar-refractivity contribution is 9.10. The highest BCUT2D eigenvalue weighted by atomic mass is 79.9. The van der Waals surface area contributed by atoms with Crippen molar-refractivity contribution in [3.05, 3.63) is 45.8 Å². The van der Waals surface area contributed by atoms with Crippen LogP contribution in [0.25, 0.3) is 0 Å². The van der Waals surface area contributed by atoms with Crippen LogP contribution < -0.4 is 5.43 Å². The van der Waals surface area contributed by atoms with E-state index < -0.39 is 0 Å². The van der Waals surface area contributed by atoms with Gasteiger partial charge < -0.3 is 5.11 Å². The lowest BCUT2D eigenvalue weighted by atomic mass is 10.2. The second kappa shape index (κ2) is 5.79. The third-order valence-electron chi connectivity index (χ3n) is 2.02. The van der Waals surface area contributed by atoms with Crippen molar-refractivity contribution in [2.24, 2.45) is 5.10 Å². The minimum absolute atomic E-state index is 0.133. The molecule has 1 aromatic carbocycles. The molecule has 1 aromatic heterocycles. The van der Waals surface area contributed by atoms with Crippen LogP contribution in [-0.4, -0.2) is 21.3 Å². The molecule has 5 nitrogen and oxygen atoms in total. The minimum Gasteiger partial charge on any atom is -0.507 e. The SMILES string of the molecule is Oc1ccc(Br)cc1/C=N\Nc1nccnc1Cl. The van der Waals surface area contributed by atoms with Gasteiger partial charge in [-0.3, -0.25) is 5.43 Å². The maximum Gasteiger partial charge on any atom is 0.184 e. The molecule has 0 aliphatic rings. The number of phenolic OH excluding ortho intramolecular Hbond substituents is 1. The van der Waals surface area contributed by atoms with Crippen molar-refractivity contribution >= 4 is 39.6 Å². The van der Waals surface area contributed by atoms with Gasteiger partial charge in [0.2, 0.25) is 0 Å². The number of aromatic hydroxyl groups is 1. The van der Waals surface area contributed by atoms with E-state index in [0.29, 0.717) is 11.4 Å². The van der Waals surface area contributed by atoms with E-state index >= 15 is 0 Å². The van der Waals surface area contributed by atoms with Crippen LogP contribution in [0, 0.1) is 0 Å². The van der Waals surface area contributed by atoms with Gasteiger partial charge in [-0.2, -0.15) is 5.10 Å². The fraction of sp³-hybridized carbons (Fsp3) is 0. The van der Waals surface area contributed by atoms with Gasteiger partial charge in [-0.25, -0.2) is 9.97 Å². The molecular weight excluding hydrogens is 320 g/mol. The topological polar surface area (TPSA) is 70.4 Å². The molecule has 0 saturated carbocycles. The Balaban J connectivity index is 2.12. The predicted molar refractivity (Wildman–Crippen MR) is 74.1 cm³/mol. The van der Waals surface area contributed by atoms with Gasteiger partial charge in [0, 0.05) is 22.4 Å². The maximum absolute atomic E-state index is 9.59. The van der Waals surface area contributed by atoms with Gasteiger partial charge in [0.1, 0.15) is 5.75 Å². The molecule has 18 heavy (non-hydrogen) atoms. The molecule has 0 amide bonds. The standard InChI is InChI=1S/C11H8BrClN4O/c12-8-1-2-9(18)7(5-8)6-16-17-11-10(13)14-3-4-15-11/h1-6,18H,(H,15,17)/b16-6-. The lowest BCUT2D eigenvalue weighted by Gasteiger charge is -2.01. The highest BCUT2D eigenvalue weighted by Gasteiger charge is 2.00. The minimum atomic E-state index is 0.133. The number of hydrogen-bond acceptors (Lipinski definition) is 5. The maximum atomic E-state index is 9.59. The number of nitrogens with one attached hydrogen (secondary N) is 1. The Morgan fingerprint density at radius 3 is 2.89 bits per heavy atom. The Labute approximate surface area is 117 Å². The number of hydrogen-bond donors (Lipinski definition) is 2. The van der Waals surface area contributed by atoms with Crippen LogP contribution in [0.3, 0.4) is 0 Å². The Hall–Kier alpha value is -1.66. The third kappa shape index (κ3) is 3.18. The molecule has 0 unspecified atom stereocenters. The van der Waals surface area contributed by atoms with Crippen molar-refractivity contribution in [1.82, 2.24) is 9.97 Å². The van der Waals surface area contributed by atoms with Gasteiger partial charge in [-0.1, -0.05) is 27.5 Å². The molecule has 0 radical (unpaired) electrons. The molecule has 1 heterocycles. The molecule has 0 fully saturated rings. The predicted octanol–water partition coefficient (Wildman–Crippen LogP) is 3.04. The van der Waals surface area contributed by atoms with Crippen molar-refractivity contribution in [3.8, 4) is 5.75 Å². The fourth-order valence-corrected chi connectivity index (χ4v) is 1.71. The number of hydrazone groups is 1. The Morgan fingerprint density at radius 2 is 2.11 bits per heavy atom. The zero-order chi connectivity index (χ0) is 13.0. The number of aromatic nitrogens is 2. The van der Waals surface area contributed by atoms with E-state index in [4.69, 9.17) is 11.6 Å². The van der Waals surface area contributed by atoms with Crippen LogP contribution in [0.5, 0.6) is 5.75 Å². The van der Waals surface area contributed by atoms with E-state index in [0.717, 1.165) is 4.47 Å². The molecular formula is C11H8BrClN4O. The Bertz CT molecular complexity index is 591. The van der Waals surface area contributed by atoms with Crippen LogP contribution in [0.15, 0.2) is 40.2 Å². The van der Waals surface area contributed by atoms with Gasteiger partial charge in [-0.05, 0) is 18.2 Å². The Morgan fingerprint density at radius 1 is 1.33 bits per heavy atom. The van der Waals surface area contributed by atoms with Crippen molar-refractivity contribution in [1.29, 1.82) is 0 Å². The number of nitrogens with zero attached hydrogens (tertiary/aromatic N) is 3. The monoisotopic (exact) mass is 326 g/mol. The van der Waals surface area contributed by atoms with Gasteiger partial charge >= 0.3 is 0 Å². The molecule has 0 aliphatic heterocycles. The van der Waals surface area contributed by atoms with E-state index in [1.165, 1.54) is 18.6 Å². The lowest BCUT2D eigenvalue weighted by molar-refractivity contribution is 0.474. The zero-order valence-electron chi connectivity index (χ0n) is 9.01. The summed E-state index contributed by atoms with van der Waals surface area (Å²) in [6.07, 6.45) is 4.45. The van der Waals surface area contributed by atoms with E-state index in [1.807, 2.05) is 0 Å². The molecule has 2 N–H and O–H groups in total. The fourth-order valence-electron chi connectivity index (χ4n) is 1.19. The summed E-state index contributed by atoms with van der Waals surface area (Å²) in [5.74, 6) is 0.485. The normalized spacial score (nSPS) is 10.8. The number of halogens is 2. The van der Waals surface area contributed by atoms with Crippen LogP contribution in [-0.2, 0) is 0 Å². The second-order valence-corrected chi connectivity index (χ2v) is 4.54. The van der Waals surface area contributed by atoms with E-state index in [9.17, 15) is 5.11 Å². The van der Waals surface area contributed by atoms with E-state index in [1.54, 1.807) is 18.2 Å². The molecule has 2 aromatic rings. The van der Waals surface area contributed by atoms with Gasteiger partial charge in [0.25, 0.3) is 0 Å². The first-order valence-electron chi connectivity index (χ1n) is 4.91. The summed E-state index contributed by atoms with van der Waals surface area (Å²) >= 11 is 9.10. The van der Waals surface area contributed by atoms with Gasteiger partial charge in [0.15, 0.2) is 11.0 Å². The largest absolute Gasteiger partial charge is 0.507 e. The summed E-state index contributed by atoms with van der Waals surface area (Å²) in [5, 5.41) is 13.8. The van der Waals surface area contributed by atoms with Crippen LogP contribution in [0.4, 0.5) is 5.82 Å². The van der Waals surface area contributed by atoms with Crippen molar-refractivity contribution in [2.45, 2.75) is 0 Å². The second-order valence-electron chi connectivity index (χ2n) is 3.27. The average molecular weight is 328 g/mol. The van der Waals surface area contributed by atoms with E-state index in [-0.39, 0.29) is 10.9 Å². The van der Waals surface area contributed by atoms with E-state index in [2.05, 4.69) is 36.4 Å². The third-order valence-corrected chi connectivity index (χ3v) is 2.79. The molecule has 92 valence electrons. The first kappa shape index (κ1) is 12.8. The van der Waals surface area contributed by atoms with Crippen molar-refractivity contribution in [2.75, 3.05) is 5.43 Å². The van der Waals surface area contributed by atoms with Crippen molar-refractivity contribution in [3.63, 3.8) is 0 Å². The zero-order valence-corrected chi connectivity index (χ0v) is 11.4.